The van der Waals surface area contributed by atoms with Crippen molar-refractivity contribution in [2.75, 3.05) is 32.7 Å². The Kier molecular flexibility index (Phi) is 4.79. The summed E-state index contributed by atoms with van der Waals surface area (Å²) in [6, 6.07) is 5.47. The molecule has 0 saturated carbocycles. The first-order chi connectivity index (χ1) is 10.2. The summed E-state index contributed by atoms with van der Waals surface area (Å²) in [7, 11) is 0. The second-order valence-corrected chi connectivity index (χ2v) is 6.53. The van der Waals surface area contributed by atoms with E-state index < -0.39 is 0 Å². The molecule has 2 saturated heterocycles. The van der Waals surface area contributed by atoms with E-state index in [4.69, 9.17) is 17.3 Å². The van der Waals surface area contributed by atoms with Crippen LogP contribution in [0.25, 0.3) is 0 Å². The van der Waals surface area contributed by atoms with Crippen molar-refractivity contribution < 1.29 is 4.39 Å². The number of nitrogens with two attached hydrogens (primary N) is 1. The van der Waals surface area contributed by atoms with Gasteiger partial charge in [-0.25, -0.2) is 4.39 Å². The van der Waals surface area contributed by atoms with Crippen LogP contribution in [0.15, 0.2) is 18.2 Å². The van der Waals surface area contributed by atoms with E-state index in [0.29, 0.717) is 23.2 Å². The van der Waals surface area contributed by atoms with Crippen LogP contribution in [0.2, 0.25) is 5.02 Å². The normalized spacial score (nSPS) is 25.6. The Morgan fingerprint density at radius 2 is 2.05 bits per heavy atom. The third-order valence-corrected chi connectivity index (χ3v) is 5.07. The number of rotatable bonds is 4. The van der Waals surface area contributed by atoms with E-state index in [2.05, 4.69) is 9.80 Å². The van der Waals surface area contributed by atoms with E-state index in [1.807, 2.05) is 0 Å². The van der Waals surface area contributed by atoms with Crippen molar-refractivity contribution in [2.24, 2.45) is 5.73 Å². The number of halogens is 2. The fourth-order valence-electron chi connectivity index (χ4n) is 3.70. The van der Waals surface area contributed by atoms with Gasteiger partial charge in [0, 0.05) is 42.3 Å². The molecule has 0 aromatic heterocycles. The van der Waals surface area contributed by atoms with Crippen molar-refractivity contribution in [3.63, 3.8) is 0 Å². The van der Waals surface area contributed by atoms with Gasteiger partial charge in [0.05, 0.1) is 0 Å². The molecule has 3 rings (SSSR count). The molecule has 0 aliphatic carbocycles. The number of hydrogen-bond donors (Lipinski definition) is 1. The molecule has 2 atom stereocenters. The first-order valence-corrected chi connectivity index (χ1v) is 8.20. The summed E-state index contributed by atoms with van der Waals surface area (Å²) in [5, 5.41) is 0.434. The predicted molar refractivity (Wildman–Crippen MR) is 84.0 cm³/mol. The van der Waals surface area contributed by atoms with Crippen molar-refractivity contribution in [3.05, 3.63) is 34.6 Å². The first-order valence-electron chi connectivity index (χ1n) is 7.82. The Bertz CT molecular complexity index is 490. The minimum atomic E-state index is -0.248. The summed E-state index contributed by atoms with van der Waals surface area (Å²) >= 11 is 5.84. The number of nitrogens with zero attached hydrogens (tertiary/aromatic N) is 2. The van der Waals surface area contributed by atoms with E-state index in [1.165, 1.54) is 32.0 Å². The van der Waals surface area contributed by atoms with E-state index in [0.717, 1.165) is 19.5 Å². The lowest BCUT2D eigenvalue weighted by Crippen LogP contribution is -2.38. The van der Waals surface area contributed by atoms with Gasteiger partial charge in [-0.15, -0.1) is 0 Å². The van der Waals surface area contributed by atoms with Gasteiger partial charge in [-0.05, 0) is 44.5 Å². The maximum absolute atomic E-state index is 14.2. The number of hydrogen-bond acceptors (Lipinski definition) is 3. The Morgan fingerprint density at radius 1 is 1.29 bits per heavy atom. The van der Waals surface area contributed by atoms with Gasteiger partial charge in [0.2, 0.25) is 0 Å². The molecule has 2 aliphatic heterocycles. The third-order valence-electron chi connectivity index (χ3n) is 4.84. The molecule has 0 radical (unpaired) electrons. The SMILES string of the molecule is NCC(c1ccc(Cl)cc1F)N1CCC(N2CCCC2)C1. The van der Waals surface area contributed by atoms with Crippen LogP contribution in [0.1, 0.15) is 30.9 Å². The van der Waals surface area contributed by atoms with E-state index >= 15 is 0 Å². The third kappa shape index (κ3) is 3.24. The van der Waals surface area contributed by atoms with Gasteiger partial charge >= 0.3 is 0 Å². The minimum absolute atomic E-state index is 0.0464. The van der Waals surface area contributed by atoms with E-state index in [-0.39, 0.29) is 11.9 Å². The van der Waals surface area contributed by atoms with Gasteiger partial charge in [-0.2, -0.15) is 0 Å². The molecule has 21 heavy (non-hydrogen) atoms. The summed E-state index contributed by atoms with van der Waals surface area (Å²) < 4.78 is 14.2. The van der Waals surface area contributed by atoms with Gasteiger partial charge in [0.25, 0.3) is 0 Å². The molecule has 2 fully saturated rings. The molecular formula is C16H23ClFN3. The highest BCUT2D eigenvalue weighted by Crippen LogP contribution is 2.30. The molecule has 116 valence electrons. The summed E-state index contributed by atoms with van der Waals surface area (Å²) in [4.78, 5) is 4.90. The van der Waals surface area contributed by atoms with Crippen molar-refractivity contribution in [3.8, 4) is 0 Å². The topological polar surface area (TPSA) is 32.5 Å². The molecule has 5 heteroatoms. The molecule has 0 amide bonds. The maximum atomic E-state index is 14.2. The molecule has 2 aliphatic rings. The van der Waals surface area contributed by atoms with Crippen LogP contribution in [0.4, 0.5) is 4.39 Å². The first kappa shape index (κ1) is 15.2. The quantitative estimate of drug-likeness (QED) is 0.928. The van der Waals surface area contributed by atoms with Gasteiger partial charge in [-0.3, -0.25) is 9.80 Å². The largest absolute Gasteiger partial charge is 0.329 e. The van der Waals surface area contributed by atoms with Gasteiger partial charge < -0.3 is 5.73 Å². The highest BCUT2D eigenvalue weighted by atomic mass is 35.5. The monoisotopic (exact) mass is 311 g/mol. The van der Waals surface area contributed by atoms with Crippen molar-refractivity contribution in [1.29, 1.82) is 0 Å². The van der Waals surface area contributed by atoms with Crippen LogP contribution < -0.4 is 5.73 Å². The van der Waals surface area contributed by atoms with Crippen LogP contribution in [0.3, 0.4) is 0 Å². The molecule has 2 N–H and O–H groups in total. The smallest absolute Gasteiger partial charge is 0.129 e. The molecule has 2 heterocycles. The van der Waals surface area contributed by atoms with Crippen LogP contribution in [0.5, 0.6) is 0 Å². The molecule has 2 unspecified atom stereocenters. The van der Waals surface area contributed by atoms with Gasteiger partial charge in [0.15, 0.2) is 0 Å². The number of likely N-dealkylation sites (tertiary alicyclic amines) is 2. The Hall–Kier alpha value is -0.680. The highest BCUT2D eigenvalue weighted by molar-refractivity contribution is 6.30. The van der Waals surface area contributed by atoms with Gasteiger partial charge in [0.1, 0.15) is 5.82 Å². The maximum Gasteiger partial charge on any atom is 0.129 e. The van der Waals surface area contributed by atoms with Crippen molar-refractivity contribution >= 4 is 11.6 Å². The van der Waals surface area contributed by atoms with E-state index in [1.54, 1.807) is 12.1 Å². The number of benzene rings is 1. The lowest BCUT2D eigenvalue weighted by molar-refractivity contribution is 0.200. The zero-order chi connectivity index (χ0) is 14.8. The van der Waals surface area contributed by atoms with Crippen molar-refractivity contribution in [1.82, 2.24) is 9.80 Å². The summed E-state index contributed by atoms with van der Waals surface area (Å²) in [6.45, 7) is 4.84. The average Bonchev–Trinajstić information content (AvgIpc) is 3.12. The standard InChI is InChI=1S/C16H23ClFN3/c17-12-3-4-14(15(18)9-12)16(10-19)21-8-5-13(11-21)20-6-1-2-7-20/h3-4,9,13,16H,1-2,5-8,10-11,19H2. The summed E-state index contributed by atoms with van der Waals surface area (Å²) in [5.74, 6) is -0.248. The van der Waals surface area contributed by atoms with E-state index in [9.17, 15) is 4.39 Å². The molecule has 3 nitrogen and oxygen atoms in total. The van der Waals surface area contributed by atoms with Crippen LogP contribution in [-0.4, -0.2) is 48.6 Å². The zero-order valence-electron chi connectivity index (χ0n) is 12.3. The highest BCUT2D eigenvalue weighted by Gasteiger charge is 2.33. The van der Waals surface area contributed by atoms with Crippen LogP contribution in [0, 0.1) is 5.82 Å². The minimum Gasteiger partial charge on any atom is -0.329 e. The summed E-state index contributed by atoms with van der Waals surface area (Å²) in [5.41, 5.74) is 6.61. The van der Waals surface area contributed by atoms with Crippen molar-refractivity contribution in [2.45, 2.75) is 31.3 Å². The molecular weight excluding hydrogens is 289 g/mol. The lowest BCUT2D eigenvalue weighted by atomic mass is 10.1. The summed E-state index contributed by atoms with van der Waals surface area (Å²) in [6.07, 6.45) is 3.77. The molecule has 1 aromatic carbocycles. The Balaban J connectivity index is 1.72. The second kappa shape index (κ2) is 6.61. The molecule has 0 spiro atoms. The predicted octanol–water partition coefficient (Wildman–Crippen LogP) is 2.65. The molecule has 1 aromatic rings. The Labute approximate surface area is 130 Å². The molecule has 0 bridgehead atoms. The van der Waals surface area contributed by atoms with Crippen LogP contribution >= 0.6 is 11.6 Å². The average molecular weight is 312 g/mol. The Morgan fingerprint density at radius 3 is 2.71 bits per heavy atom. The fraction of sp³-hybridized carbons (Fsp3) is 0.625. The fourth-order valence-corrected chi connectivity index (χ4v) is 3.86. The van der Waals surface area contributed by atoms with Crippen LogP contribution in [-0.2, 0) is 0 Å². The van der Waals surface area contributed by atoms with Gasteiger partial charge in [-0.1, -0.05) is 17.7 Å². The zero-order valence-corrected chi connectivity index (χ0v) is 13.0. The lowest BCUT2D eigenvalue weighted by Gasteiger charge is -2.29. The second-order valence-electron chi connectivity index (χ2n) is 6.10.